The SMILES string of the molecule is CC/C(=C\c1cc(Br)ccc1O)CC[C@H]1OB(O)C[C@H]2C1=C(CO[Si](c1ccccc1)(c1ccccc1)C(C)(C)C)C[C@H]1C(=O)N(Cc3cccs3)C(=O)[C@H]12. The van der Waals surface area contributed by atoms with E-state index in [1.165, 1.54) is 26.6 Å². The smallest absolute Gasteiger partial charge is 0.455 e. The van der Waals surface area contributed by atoms with Crippen LogP contribution < -0.4 is 10.4 Å². The van der Waals surface area contributed by atoms with Crippen LogP contribution in [0.15, 0.2) is 118 Å². The zero-order valence-corrected chi connectivity index (χ0v) is 35.3. The Morgan fingerprint density at radius 3 is 2.31 bits per heavy atom. The number of allylic oxidation sites excluding steroid dienone is 1. The first-order valence-electron chi connectivity index (χ1n) is 19.3. The first-order chi connectivity index (χ1) is 26.4. The highest BCUT2D eigenvalue weighted by atomic mass is 79.9. The molecule has 0 unspecified atom stereocenters. The molecule has 2 N–H and O–H groups in total. The van der Waals surface area contributed by atoms with Crippen LogP contribution in [0.1, 0.15) is 63.8 Å². The molecule has 7 nitrogen and oxygen atoms in total. The average molecular weight is 839 g/mol. The van der Waals surface area contributed by atoms with Crippen LogP contribution in [-0.2, 0) is 25.2 Å². The maximum absolute atomic E-state index is 14.3. The molecule has 2 saturated heterocycles. The van der Waals surface area contributed by atoms with Crippen molar-refractivity contribution >= 4 is 71.0 Å². The number of phenols is 1. The van der Waals surface area contributed by atoms with Gasteiger partial charge in [0.2, 0.25) is 11.8 Å². The van der Waals surface area contributed by atoms with E-state index in [9.17, 15) is 19.7 Å². The van der Waals surface area contributed by atoms with Gasteiger partial charge in [0.05, 0.1) is 31.1 Å². The summed E-state index contributed by atoms with van der Waals surface area (Å²) in [5.41, 5.74) is 3.86. The molecule has 1 aromatic heterocycles. The third kappa shape index (κ3) is 7.89. The van der Waals surface area contributed by atoms with E-state index in [1.54, 1.807) is 6.07 Å². The summed E-state index contributed by atoms with van der Waals surface area (Å²) in [6.07, 6.45) is 4.18. The van der Waals surface area contributed by atoms with E-state index >= 15 is 0 Å². The van der Waals surface area contributed by atoms with E-state index < -0.39 is 33.4 Å². The molecule has 1 aliphatic carbocycles. The minimum Gasteiger partial charge on any atom is -0.507 e. The zero-order valence-electron chi connectivity index (χ0n) is 31.9. The summed E-state index contributed by atoms with van der Waals surface area (Å²) >= 11 is 5.06. The summed E-state index contributed by atoms with van der Waals surface area (Å²) in [5.74, 6) is -1.56. The zero-order chi connectivity index (χ0) is 38.9. The van der Waals surface area contributed by atoms with Gasteiger partial charge in [-0.25, -0.2) is 0 Å². The molecule has 0 saturated carbocycles. The number of thiophene rings is 1. The molecule has 11 heteroatoms. The number of likely N-dealkylation sites (tertiary alicyclic amines) is 1. The van der Waals surface area contributed by atoms with Crippen molar-refractivity contribution in [2.24, 2.45) is 17.8 Å². The van der Waals surface area contributed by atoms with Gasteiger partial charge in [-0.2, -0.15) is 0 Å². The Morgan fingerprint density at radius 2 is 1.69 bits per heavy atom. The van der Waals surface area contributed by atoms with E-state index in [4.69, 9.17) is 9.08 Å². The Balaban J connectivity index is 1.30. The predicted molar refractivity (Wildman–Crippen MR) is 227 cm³/mol. The molecular weight excluding hydrogens is 789 g/mol. The summed E-state index contributed by atoms with van der Waals surface area (Å²) in [5, 5.41) is 25.9. The lowest BCUT2D eigenvalue weighted by atomic mass is 9.58. The number of hydrogen-bond donors (Lipinski definition) is 2. The first-order valence-corrected chi connectivity index (χ1v) is 22.8. The van der Waals surface area contributed by atoms with Crippen LogP contribution in [0.2, 0.25) is 11.4 Å². The van der Waals surface area contributed by atoms with Crippen LogP contribution in [0.25, 0.3) is 6.08 Å². The summed E-state index contributed by atoms with van der Waals surface area (Å²) in [7, 11) is -4.04. The van der Waals surface area contributed by atoms with E-state index in [0.29, 0.717) is 19.3 Å². The molecule has 4 aromatic rings. The van der Waals surface area contributed by atoms with E-state index in [-0.39, 0.29) is 48.0 Å². The molecular formula is C44H49BBrNO6SSi. The Labute approximate surface area is 338 Å². The van der Waals surface area contributed by atoms with Crippen LogP contribution in [0.5, 0.6) is 5.75 Å². The molecule has 4 atom stereocenters. The van der Waals surface area contributed by atoms with Gasteiger partial charge in [-0.3, -0.25) is 14.5 Å². The number of rotatable bonds is 12. The van der Waals surface area contributed by atoms with E-state index in [1.807, 2.05) is 47.9 Å². The number of carbonyl (C=O) groups excluding carboxylic acids is 2. The molecule has 0 radical (unpaired) electrons. The van der Waals surface area contributed by atoms with Crippen LogP contribution >= 0.6 is 27.3 Å². The Bertz CT molecular complexity index is 2030. The first kappa shape index (κ1) is 39.6. The van der Waals surface area contributed by atoms with Crippen molar-refractivity contribution in [3.8, 4) is 5.75 Å². The van der Waals surface area contributed by atoms with Gasteiger partial charge in [0, 0.05) is 14.9 Å². The number of hydrogen-bond acceptors (Lipinski definition) is 7. The quantitative estimate of drug-likeness (QED) is 0.0847. The van der Waals surface area contributed by atoms with Crippen molar-refractivity contribution in [3.05, 3.63) is 128 Å². The average Bonchev–Trinajstić information content (AvgIpc) is 3.77. The topological polar surface area (TPSA) is 96.3 Å². The summed E-state index contributed by atoms with van der Waals surface area (Å²) in [4.78, 5) is 31.0. The van der Waals surface area contributed by atoms with Crippen LogP contribution in [0, 0.1) is 17.8 Å². The fourth-order valence-electron chi connectivity index (χ4n) is 9.16. The van der Waals surface area contributed by atoms with Gasteiger partial charge >= 0.3 is 7.12 Å². The monoisotopic (exact) mass is 837 g/mol. The minimum atomic E-state index is -2.96. The highest BCUT2D eigenvalue weighted by Crippen LogP contribution is 2.51. The summed E-state index contributed by atoms with van der Waals surface area (Å²) < 4.78 is 14.8. The second-order valence-electron chi connectivity index (χ2n) is 16.0. The molecule has 0 spiro atoms. The van der Waals surface area contributed by atoms with Crippen molar-refractivity contribution in [3.63, 3.8) is 0 Å². The van der Waals surface area contributed by atoms with Gasteiger partial charge < -0.3 is 19.2 Å². The largest absolute Gasteiger partial charge is 0.507 e. The lowest BCUT2D eigenvalue weighted by Gasteiger charge is -2.46. The summed E-state index contributed by atoms with van der Waals surface area (Å²) in [6, 6.07) is 30.3. The number of benzene rings is 3. The molecule has 3 aromatic carbocycles. The fraction of sp³-hybridized carbons (Fsp3) is 0.364. The van der Waals surface area contributed by atoms with E-state index in [0.717, 1.165) is 38.1 Å². The van der Waals surface area contributed by atoms with Crippen molar-refractivity contribution in [1.29, 1.82) is 0 Å². The predicted octanol–water partition coefficient (Wildman–Crippen LogP) is 8.36. The lowest BCUT2D eigenvalue weighted by molar-refractivity contribution is -0.140. The number of amides is 2. The normalized spacial score (nSPS) is 22.0. The molecule has 0 bridgehead atoms. The third-order valence-electron chi connectivity index (χ3n) is 11.7. The van der Waals surface area contributed by atoms with Gasteiger partial charge in [0.1, 0.15) is 5.75 Å². The minimum absolute atomic E-state index is 0.145. The van der Waals surface area contributed by atoms with Crippen LogP contribution in [-0.4, -0.2) is 55.0 Å². The fourth-order valence-corrected chi connectivity index (χ4v) is 14.8. The van der Waals surface area contributed by atoms with Crippen molar-refractivity contribution < 1.29 is 28.8 Å². The number of imide groups is 1. The number of fused-ring (bicyclic) bond motifs is 3. The van der Waals surface area contributed by atoms with Gasteiger partial charge in [-0.15, -0.1) is 11.3 Å². The van der Waals surface area contributed by atoms with Gasteiger partial charge in [0.25, 0.3) is 8.32 Å². The maximum atomic E-state index is 14.3. The molecule has 3 heterocycles. The standard InChI is InChI=1S/C44H49BBrNO6SSi/c1-5-29(23-30-24-32(46)19-20-38(30)48)18-21-39-40-31(28-52-55(44(2,3)4,34-14-8-6-9-15-34)35-16-10-7-11-17-35)25-36-41(37(40)26-45(51)53-39)43(50)47(42(36)49)27-33-13-12-22-54-33/h6-17,19-20,22-24,36-37,39,41,48,51H,5,18,21,25-28H2,1-4H3/b29-23+/t36-,37+,39-,41-/m1/s1. The highest BCUT2D eigenvalue weighted by molar-refractivity contribution is 9.10. The molecule has 2 amide bonds. The summed E-state index contributed by atoms with van der Waals surface area (Å²) in [6.45, 7) is 9.40. The van der Waals surface area contributed by atoms with Crippen molar-refractivity contribution in [2.75, 3.05) is 6.61 Å². The number of carbonyl (C=O) groups is 2. The Morgan fingerprint density at radius 1 is 1.00 bits per heavy atom. The molecule has 2 aliphatic heterocycles. The van der Waals surface area contributed by atoms with Crippen molar-refractivity contribution in [2.45, 2.75) is 77.4 Å². The number of halogens is 1. The number of nitrogens with zero attached hydrogens (tertiary/aromatic N) is 1. The van der Waals surface area contributed by atoms with Gasteiger partial charge in [-0.1, -0.05) is 122 Å². The van der Waals surface area contributed by atoms with E-state index in [2.05, 4.69) is 92.2 Å². The second kappa shape index (κ2) is 16.5. The molecule has 2 fully saturated rings. The highest BCUT2D eigenvalue weighted by Gasteiger charge is 2.58. The Hall–Kier alpha value is -3.58. The van der Waals surface area contributed by atoms with Gasteiger partial charge in [0.15, 0.2) is 0 Å². The van der Waals surface area contributed by atoms with Crippen LogP contribution in [0.4, 0.5) is 0 Å². The third-order valence-corrected chi connectivity index (χ3v) is 18.0. The number of aromatic hydroxyl groups is 1. The molecule has 3 aliphatic rings. The van der Waals surface area contributed by atoms with Crippen molar-refractivity contribution in [1.82, 2.24) is 4.90 Å². The second-order valence-corrected chi connectivity index (χ2v) is 22.3. The molecule has 55 heavy (non-hydrogen) atoms. The number of phenolic OH excluding ortho intramolecular Hbond substituents is 1. The van der Waals surface area contributed by atoms with Gasteiger partial charge in [-0.05, 0) is 94.1 Å². The molecule has 7 rings (SSSR count). The maximum Gasteiger partial charge on any atom is 0.455 e. The molecule has 286 valence electrons. The Kier molecular flexibility index (Phi) is 11.9. The lowest BCUT2D eigenvalue weighted by Crippen LogP contribution is -2.66. The van der Waals surface area contributed by atoms with Crippen LogP contribution in [0.3, 0.4) is 0 Å².